The maximum Gasteiger partial charge on any atom is 0.240 e. The average molecular weight is 375 g/mol. The number of aliphatic imine (C=N–C) groups is 1. The number of sulfonamides is 1. The summed E-state index contributed by atoms with van der Waals surface area (Å²) >= 11 is 0. The Labute approximate surface area is 155 Å². The Kier molecular flexibility index (Phi) is 7.17. The van der Waals surface area contributed by atoms with Gasteiger partial charge in [-0.05, 0) is 42.2 Å². The van der Waals surface area contributed by atoms with E-state index in [0.717, 1.165) is 12.1 Å². The molecule has 26 heavy (non-hydrogen) atoms. The van der Waals surface area contributed by atoms with Gasteiger partial charge >= 0.3 is 0 Å². The third kappa shape index (κ3) is 5.86. The number of anilines is 1. The molecule has 0 amide bonds. The molecule has 0 radical (unpaired) electrons. The Morgan fingerprint density at radius 2 is 1.77 bits per heavy atom. The number of nitrogens with zero attached hydrogens (tertiary/aromatic N) is 1. The molecule has 2 aromatic carbocycles. The van der Waals surface area contributed by atoms with Gasteiger partial charge in [0.1, 0.15) is 0 Å². The Balaban J connectivity index is 1.83. The lowest BCUT2D eigenvalue weighted by atomic mass is 9.99. The summed E-state index contributed by atoms with van der Waals surface area (Å²) in [4.78, 5) is 4.38. The predicted molar refractivity (Wildman–Crippen MR) is 107 cm³/mol. The van der Waals surface area contributed by atoms with Gasteiger partial charge in [-0.1, -0.05) is 44.2 Å². The molecule has 0 aliphatic carbocycles. The molecule has 0 heterocycles. The summed E-state index contributed by atoms with van der Waals surface area (Å²) in [7, 11) is -3.51. The molecule has 0 saturated heterocycles. The van der Waals surface area contributed by atoms with Crippen molar-refractivity contribution in [3.05, 3.63) is 60.2 Å². The van der Waals surface area contributed by atoms with Gasteiger partial charge in [0, 0.05) is 12.2 Å². The van der Waals surface area contributed by atoms with E-state index in [9.17, 15) is 8.42 Å². The van der Waals surface area contributed by atoms with E-state index in [4.69, 9.17) is 5.73 Å². The third-order valence-corrected chi connectivity index (χ3v) is 5.58. The normalized spacial score (nSPS) is 13.4. The van der Waals surface area contributed by atoms with E-state index in [1.807, 2.05) is 12.1 Å². The third-order valence-electron chi connectivity index (χ3n) is 4.10. The smallest absolute Gasteiger partial charge is 0.240 e. The first-order chi connectivity index (χ1) is 12.4. The minimum absolute atomic E-state index is 0.173. The van der Waals surface area contributed by atoms with Crippen molar-refractivity contribution < 1.29 is 8.42 Å². The molecule has 2 aromatic rings. The van der Waals surface area contributed by atoms with Crippen LogP contribution in [0, 0.1) is 0 Å². The second-order valence-electron chi connectivity index (χ2n) is 6.03. The first kappa shape index (κ1) is 19.9. The molecule has 0 bridgehead atoms. The van der Waals surface area contributed by atoms with Crippen LogP contribution in [0.4, 0.5) is 5.69 Å². The summed E-state index contributed by atoms with van der Waals surface area (Å²) in [6.45, 7) is 4.77. The van der Waals surface area contributed by atoms with Crippen LogP contribution in [-0.4, -0.2) is 27.5 Å². The van der Waals surface area contributed by atoms with Gasteiger partial charge in [0.2, 0.25) is 10.0 Å². The fourth-order valence-corrected chi connectivity index (χ4v) is 3.40. The Morgan fingerprint density at radius 1 is 1.12 bits per heavy atom. The molecule has 0 aliphatic heterocycles. The molecule has 0 aliphatic rings. The highest BCUT2D eigenvalue weighted by atomic mass is 32.2. The molecule has 1 unspecified atom stereocenters. The lowest BCUT2D eigenvalue weighted by Gasteiger charge is -2.11. The SMILES string of the molecule is CCC(C)c1ccc(NC(N)=NCCNS(=O)(=O)c2ccccc2)cc1. The van der Waals surface area contributed by atoms with E-state index in [0.29, 0.717) is 5.92 Å². The number of hydrogen-bond donors (Lipinski definition) is 3. The van der Waals surface area contributed by atoms with Crippen molar-refractivity contribution in [3.8, 4) is 0 Å². The van der Waals surface area contributed by atoms with Crippen LogP contribution in [0.2, 0.25) is 0 Å². The van der Waals surface area contributed by atoms with E-state index in [1.165, 1.54) is 5.56 Å². The van der Waals surface area contributed by atoms with Gasteiger partial charge in [0.15, 0.2) is 5.96 Å². The summed E-state index contributed by atoms with van der Waals surface area (Å²) in [5.74, 6) is 0.771. The first-order valence-electron chi connectivity index (χ1n) is 8.64. The molecule has 2 rings (SSSR count). The maximum absolute atomic E-state index is 12.1. The summed E-state index contributed by atoms with van der Waals surface area (Å²) in [6, 6.07) is 16.3. The zero-order valence-corrected chi connectivity index (χ0v) is 16.0. The lowest BCUT2D eigenvalue weighted by Crippen LogP contribution is -2.28. The van der Waals surface area contributed by atoms with Crippen molar-refractivity contribution >= 4 is 21.7 Å². The van der Waals surface area contributed by atoms with E-state index >= 15 is 0 Å². The van der Waals surface area contributed by atoms with Crippen molar-refractivity contribution in [3.63, 3.8) is 0 Å². The van der Waals surface area contributed by atoms with Crippen molar-refractivity contribution in [2.45, 2.75) is 31.1 Å². The number of nitrogens with one attached hydrogen (secondary N) is 2. The minimum Gasteiger partial charge on any atom is -0.370 e. The molecule has 0 aromatic heterocycles. The number of hydrogen-bond acceptors (Lipinski definition) is 3. The number of nitrogens with two attached hydrogens (primary N) is 1. The molecule has 7 heteroatoms. The van der Waals surface area contributed by atoms with Crippen molar-refractivity contribution in [2.24, 2.45) is 10.7 Å². The van der Waals surface area contributed by atoms with Gasteiger partial charge in [-0.15, -0.1) is 0 Å². The van der Waals surface area contributed by atoms with Crippen LogP contribution in [-0.2, 0) is 10.0 Å². The monoisotopic (exact) mass is 374 g/mol. The molecule has 0 saturated carbocycles. The van der Waals surface area contributed by atoms with Crippen molar-refractivity contribution in [1.29, 1.82) is 0 Å². The topological polar surface area (TPSA) is 96.6 Å². The number of rotatable bonds is 8. The predicted octanol–water partition coefficient (Wildman–Crippen LogP) is 2.91. The summed E-state index contributed by atoms with van der Waals surface area (Å²) in [6.07, 6.45) is 1.09. The molecular formula is C19H26N4O2S. The van der Waals surface area contributed by atoms with Gasteiger partial charge in [0.05, 0.1) is 11.4 Å². The Bertz CT molecular complexity index is 818. The Hall–Kier alpha value is -2.38. The fraction of sp³-hybridized carbons (Fsp3) is 0.316. The zero-order valence-electron chi connectivity index (χ0n) is 15.1. The number of guanidine groups is 1. The highest BCUT2D eigenvalue weighted by molar-refractivity contribution is 7.89. The van der Waals surface area contributed by atoms with E-state index in [-0.39, 0.29) is 23.9 Å². The van der Waals surface area contributed by atoms with Crippen LogP contribution in [0.5, 0.6) is 0 Å². The largest absolute Gasteiger partial charge is 0.370 e. The van der Waals surface area contributed by atoms with Gasteiger partial charge in [-0.3, -0.25) is 4.99 Å². The van der Waals surface area contributed by atoms with Crippen LogP contribution in [0.3, 0.4) is 0 Å². The van der Waals surface area contributed by atoms with Crippen LogP contribution < -0.4 is 15.8 Å². The van der Waals surface area contributed by atoms with Crippen LogP contribution in [0.25, 0.3) is 0 Å². The van der Waals surface area contributed by atoms with E-state index in [2.05, 4.69) is 41.0 Å². The minimum atomic E-state index is -3.51. The lowest BCUT2D eigenvalue weighted by molar-refractivity contribution is 0.582. The highest BCUT2D eigenvalue weighted by Crippen LogP contribution is 2.20. The molecule has 140 valence electrons. The second kappa shape index (κ2) is 9.35. The highest BCUT2D eigenvalue weighted by Gasteiger charge is 2.11. The summed E-state index contributed by atoms with van der Waals surface area (Å²) in [5.41, 5.74) is 7.98. The molecule has 0 spiro atoms. The van der Waals surface area contributed by atoms with Crippen LogP contribution in [0.15, 0.2) is 64.5 Å². The Morgan fingerprint density at radius 3 is 2.38 bits per heavy atom. The number of benzene rings is 2. The molecule has 6 nitrogen and oxygen atoms in total. The van der Waals surface area contributed by atoms with Gasteiger partial charge in [0.25, 0.3) is 0 Å². The van der Waals surface area contributed by atoms with Gasteiger partial charge < -0.3 is 11.1 Å². The molecule has 4 N–H and O–H groups in total. The van der Waals surface area contributed by atoms with Crippen molar-refractivity contribution in [1.82, 2.24) is 4.72 Å². The van der Waals surface area contributed by atoms with Gasteiger partial charge in [-0.2, -0.15) is 0 Å². The van der Waals surface area contributed by atoms with Crippen LogP contribution in [0.1, 0.15) is 31.7 Å². The average Bonchev–Trinajstić information content (AvgIpc) is 2.66. The fourth-order valence-electron chi connectivity index (χ4n) is 2.36. The zero-order chi connectivity index (χ0) is 19.0. The van der Waals surface area contributed by atoms with E-state index < -0.39 is 10.0 Å². The van der Waals surface area contributed by atoms with Crippen molar-refractivity contribution in [2.75, 3.05) is 18.4 Å². The summed E-state index contributed by atoms with van der Waals surface area (Å²) in [5, 5.41) is 3.01. The maximum atomic E-state index is 12.1. The molecular weight excluding hydrogens is 348 g/mol. The second-order valence-corrected chi connectivity index (χ2v) is 7.80. The van der Waals surface area contributed by atoms with Crippen LogP contribution >= 0.6 is 0 Å². The first-order valence-corrected chi connectivity index (χ1v) is 10.1. The molecule has 0 fully saturated rings. The quantitative estimate of drug-likeness (QED) is 0.376. The van der Waals surface area contributed by atoms with E-state index in [1.54, 1.807) is 30.3 Å². The standard InChI is InChI=1S/C19H26N4O2S/c1-3-15(2)16-9-11-17(12-10-16)23-19(20)21-13-14-22-26(24,25)18-7-5-4-6-8-18/h4-12,15,22H,3,13-14H2,1-2H3,(H3,20,21,23). The molecule has 1 atom stereocenters. The summed E-state index contributed by atoms with van der Waals surface area (Å²) < 4.78 is 26.6. The van der Waals surface area contributed by atoms with Gasteiger partial charge in [-0.25, -0.2) is 13.1 Å².